The molecule has 0 aliphatic rings. The Kier molecular flexibility index (Phi) is 8.23. The molecule has 4 aromatic rings. The third-order valence-corrected chi connectivity index (χ3v) is 8.36. The molecule has 0 saturated carbocycles. The summed E-state index contributed by atoms with van der Waals surface area (Å²) in [4.78, 5) is 20.6. The predicted octanol–water partition coefficient (Wildman–Crippen LogP) is 2.81. The molecule has 3 aromatic carbocycles. The first-order valence-electron chi connectivity index (χ1n) is 11.1. The molecule has 1 heterocycles. The van der Waals surface area contributed by atoms with Gasteiger partial charge in [0.15, 0.2) is 9.84 Å². The SMILES string of the molecule is CS(=O)(=O)c1cc2cc(S(=O)(=O)O)cc(S(=O)(=O)O)c2cc1N=Nc1ccc(Nc2nc(N)nc(Cl)n2)cc1NC(N)=O. The third-order valence-electron chi connectivity index (χ3n) is 5.34. The Morgan fingerprint density at radius 2 is 1.56 bits per heavy atom. The minimum absolute atomic E-state index is 0.0347. The van der Waals surface area contributed by atoms with Crippen molar-refractivity contribution < 1.29 is 39.2 Å². The zero-order chi connectivity index (χ0) is 31.9. The van der Waals surface area contributed by atoms with Crippen molar-refractivity contribution in [2.45, 2.75) is 14.7 Å². The summed E-state index contributed by atoms with van der Waals surface area (Å²) in [6, 6.07) is 6.20. The summed E-state index contributed by atoms with van der Waals surface area (Å²) in [5.74, 6) is -0.218. The van der Waals surface area contributed by atoms with Crippen LogP contribution in [-0.2, 0) is 30.1 Å². The first-order valence-corrected chi connectivity index (χ1v) is 16.3. The fourth-order valence-electron chi connectivity index (χ4n) is 3.65. The first-order chi connectivity index (χ1) is 19.8. The fraction of sp³-hybridized carbons (Fsp3) is 0.0476. The molecule has 18 nitrogen and oxygen atoms in total. The summed E-state index contributed by atoms with van der Waals surface area (Å²) >= 11 is 5.77. The van der Waals surface area contributed by atoms with Crippen LogP contribution in [0.25, 0.3) is 10.8 Å². The number of sulfone groups is 1. The van der Waals surface area contributed by atoms with Gasteiger partial charge in [-0.3, -0.25) is 9.11 Å². The molecule has 1 aromatic heterocycles. The number of nitrogens with two attached hydrogens (primary N) is 2. The van der Waals surface area contributed by atoms with Gasteiger partial charge in [-0.2, -0.15) is 31.8 Å². The van der Waals surface area contributed by atoms with Crippen LogP contribution in [0.15, 0.2) is 67.4 Å². The van der Waals surface area contributed by atoms with Crippen LogP contribution in [0.2, 0.25) is 5.28 Å². The molecule has 43 heavy (non-hydrogen) atoms. The van der Waals surface area contributed by atoms with Crippen molar-refractivity contribution in [3.8, 4) is 0 Å². The Hall–Kier alpha value is -4.54. The van der Waals surface area contributed by atoms with E-state index in [0.29, 0.717) is 6.07 Å². The molecule has 0 radical (unpaired) electrons. The smallest absolute Gasteiger partial charge is 0.316 e. The van der Waals surface area contributed by atoms with Gasteiger partial charge in [-0.1, -0.05) is 0 Å². The minimum atomic E-state index is -5.10. The molecule has 0 atom stereocenters. The number of nitrogen functional groups attached to an aromatic ring is 1. The van der Waals surface area contributed by atoms with Crippen molar-refractivity contribution in [2.24, 2.45) is 16.0 Å². The molecule has 22 heteroatoms. The van der Waals surface area contributed by atoms with Crippen LogP contribution in [0.5, 0.6) is 0 Å². The Balaban J connectivity index is 1.88. The van der Waals surface area contributed by atoms with Gasteiger partial charge in [-0.15, -0.1) is 10.2 Å². The number of carbonyl (C=O) groups excluding carboxylic acids is 1. The second kappa shape index (κ2) is 11.3. The lowest BCUT2D eigenvalue weighted by Crippen LogP contribution is -2.19. The second-order valence-corrected chi connectivity index (χ2v) is 13.7. The van der Waals surface area contributed by atoms with Gasteiger partial charge < -0.3 is 22.1 Å². The first kappa shape index (κ1) is 31.4. The molecule has 0 unspecified atom stereocenters. The standard InChI is InChI=1S/C21H18ClN9O9S3/c1-41(33,34)17-5-9-4-11(42(35,36)37)7-16(43(38,39)40)12(9)8-15(17)31-30-13-3-2-10(6-14(13)26-20(24)32)25-21-28-18(22)27-19(23)29-21/h2-8H,1H3,(H3,24,26,32)(H,35,36,37)(H,38,39,40)(H3,23,25,27,28,29). The van der Waals surface area contributed by atoms with E-state index in [2.05, 4.69) is 35.8 Å². The Morgan fingerprint density at radius 1 is 0.884 bits per heavy atom. The van der Waals surface area contributed by atoms with Crippen LogP contribution < -0.4 is 22.1 Å². The van der Waals surface area contributed by atoms with Gasteiger partial charge in [0, 0.05) is 17.3 Å². The quantitative estimate of drug-likeness (QED) is 0.116. The van der Waals surface area contributed by atoms with Crippen LogP contribution in [0, 0.1) is 0 Å². The third kappa shape index (κ3) is 7.46. The molecule has 0 aliphatic heterocycles. The average Bonchev–Trinajstić information content (AvgIpc) is 2.84. The van der Waals surface area contributed by atoms with E-state index in [-0.39, 0.29) is 45.0 Å². The van der Waals surface area contributed by atoms with Gasteiger partial charge >= 0.3 is 6.03 Å². The molecule has 0 saturated heterocycles. The van der Waals surface area contributed by atoms with E-state index in [0.717, 1.165) is 24.5 Å². The molecule has 0 bridgehead atoms. The molecule has 2 amide bonds. The number of anilines is 4. The van der Waals surface area contributed by atoms with E-state index in [1.807, 2.05) is 0 Å². The predicted molar refractivity (Wildman–Crippen MR) is 153 cm³/mol. The number of fused-ring (bicyclic) bond motifs is 1. The zero-order valence-corrected chi connectivity index (χ0v) is 24.5. The molecular weight excluding hydrogens is 654 g/mol. The number of hydrogen-bond acceptors (Lipinski definition) is 14. The van der Waals surface area contributed by atoms with E-state index in [9.17, 15) is 39.2 Å². The van der Waals surface area contributed by atoms with Crippen LogP contribution in [0.4, 0.5) is 39.4 Å². The van der Waals surface area contributed by atoms with Crippen LogP contribution in [-0.4, -0.2) is 61.6 Å². The number of amides is 2. The number of azo groups is 1. The largest absolute Gasteiger partial charge is 0.368 e. The highest BCUT2D eigenvalue weighted by molar-refractivity contribution is 7.91. The molecule has 4 rings (SSSR count). The summed E-state index contributed by atoms with van der Waals surface area (Å²) in [5.41, 5.74) is 10.6. The van der Waals surface area contributed by atoms with Crippen molar-refractivity contribution in [3.05, 3.63) is 47.7 Å². The van der Waals surface area contributed by atoms with Crippen molar-refractivity contribution in [1.29, 1.82) is 0 Å². The Bertz CT molecular complexity index is 2160. The van der Waals surface area contributed by atoms with Crippen LogP contribution in [0.1, 0.15) is 0 Å². The summed E-state index contributed by atoms with van der Waals surface area (Å²) in [6.45, 7) is 0. The van der Waals surface area contributed by atoms with Gasteiger partial charge in [-0.25, -0.2) is 13.2 Å². The molecule has 0 fully saturated rings. The lowest BCUT2D eigenvalue weighted by molar-refractivity contribution is 0.259. The van der Waals surface area contributed by atoms with Crippen LogP contribution >= 0.6 is 11.6 Å². The summed E-state index contributed by atoms with van der Waals surface area (Å²) < 4.78 is 91.9. The highest BCUT2D eigenvalue weighted by Gasteiger charge is 2.24. The summed E-state index contributed by atoms with van der Waals surface area (Å²) in [7, 11) is -14.2. The number of primary amides is 1. The number of nitrogens with one attached hydrogen (secondary N) is 2. The average molecular weight is 672 g/mol. The Labute approximate surface area is 247 Å². The fourth-order valence-corrected chi connectivity index (χ4v) is 5.98. The highest BCUT2D eigenvalue weighted by Crippen LogP contribution is 2.37. The van der Waals surface area contributed by atoms with Crippen molar-refractivity contribution >= 4 is 93.1 Å². The number of urea groups is 1. The van der Waals surface area contributed by atoms with E-state index in [1.54, 1.807) is 0 Å². The summed E-state index contributed by atoms with van der Waals surface area (Å²) in [6.07, 6.45) is 0.796. The van der Waals surface area contributed by atoms with Gasteiger partial charge in [0.2, 0.25) is 17.2 Å². The Morgan fingerprint density at radius 3 is 2.14 bits per heavy atom. The normalized spacial score (nSPS) is 12.5. The van der Waals surface area contributed by atoms with E-state index >= 15 is 0 Å². The zero-order valence-electron chi connectivity index (χ0n) is 21.3. The van der Waals surface area contributed by atoms with Crippen molar-refractivity contribution in [3.63, 3.8) is 0 Å². The monoisotopic (exact) mass is 671 g/mol. The van der Waals surface area contributed by atoms with Gasteiger partial charge in [0.25, 0.3) is 20.2 Å². The van der Waals surface area contributed by atoms with E-state index in [1.165, 1.54) is 18.2 Å². The van der Waals surface area contributed by atoms with Gasteiger partial charge in [0.05, 0.1) is 15.5 Å². The number of nitrogens with zero attached hydrogens (tertiary/aromatic N) is 5. The molecule has 0 spiro atoms. The van der Waals surface area contributed by atoms with E-state index in [4.69, 9.17) is 23.1 Å². The molecule has 226 valence electrons. The second-order valence-electron chi connectivity index (χ2n) is 8.52. The lowest BCUT2D eigenvalue weighted by Gasteiger charge is -2.11. The number of halogens is 1. The van der Waals surface area contributed by atoms with Crippen molar-refractivity contribution in [2.75, 3.05) is 22.6 Å². The minimum Gasteiger partial charge on any atom is -0.368 e. The summed E-state index contributed by atoms with van der Waals surface area (Å²) in [5, 5.41) is 12.1. The molecular formula is C21H18ClN9O9S3. The molecule has 8 N–H and O–H groups in total. The number of carbonyl (C=O) groups is 1. The van der Waals surface area contributed by atoms with Crippen LogP contribution in [0.3, 0.4) is 0 Å². The maximum Gasteiger partial charge on any atom is 0.316 e. The number of rotatable bonds is 8. The lowest BCUT2D eigenvalue weighted by atomic mass is 10.1. The maximum absolute atomic E-state index is 12.6. The van der Waals surface area contributed by atoms with Crippen molar-refractivity contribution in [1.82, 2.24) is 15.0 Å². The number of benzene rings is 3. The number of aromatic nitrogens is 3. The molecule has 0 aliphatic carbocycles. The highest BCUT2D eigenvalue weighted by atomic mass is 35.5. The van der Waals surface area contributed by atoms with E-state index < -0.39 is 56.5 Å². The number of hydrogen-bond donors (Lipinski definition) is 6. The van der Waals surface area contributed by atoms with Gasteiger partial charge in [0.1, 0.15) is 16.3 Å². The topological polar surface area (TPSA) is 299 Å². The van der Waals surface area contributed by atoms with Gasteiger partial charge in [-0.05, 0) is 59.5 Å². The maximum atomic E-state index is 12.6.